The first-order valence-electron chi connectivity index (χ1n) is 22.8. The zero-order chi connectivity index (χ0) is 44.0. The van der Waals surface area contributed by atoms with Gasteiger partial charge in [0.2, 0.25) is 0 Å². The number of hydrogen-bond donors (Lipinski definition) is 4. The number of nitrogens with one attached hydrogen (secondary N) is 2. The van der Waals surface area contributed by atoms with Gasteiger partial charge in [0.1, 0.15) is 19.0 Å². The van der Waals surface area contributed by atoms with E-state index >= 15 is 0 Å². The van der Waals surface area contributed by atoms with Gasteiger partial charge in [-0.15, -0.1) is 0 Å². The Morgan fingerprint density at radius 2 is 1.81 bits per heavy atom. The normalized spacial score (nSPS) is 23.8. The summed E-state index contributed by atoms with van der Waals surface area (Å²) in [6.45, 7) is 7.33. The number of carbonyl (C=O) groups is 2. The van der Waals surface area contributed by atoms with E-state index < -0.39 is 41.4 Å². The second kappa shape index (κ2) is 18.0. The predicted octanol–water partition coefficient (Wildman–Crippen LogP) is 5.88. The second-order valence-corrected chi connectivity index (χ2v) is 18.2. The van der Waals surface area contributed by atoms with Crippen LogP contribution in [0.4, 0.5) is 26.0 Å². The summed E-state index contributed by atoms with van der Waals surface area (Å²) < 4.78 is 32.1. The highest BCUT2D eigenvalue weighted by Gasteiger charge is 2.50. The van der Waals surface area contributed by atoms with E-state index in [0.717, 1.165) is 112 Å². The molecule has 0 aliphatic carbocycles. The van der Waals surface area contributed by atoms with Gasteiger partial charge in [-0.2, -0.15) is 10.2 Å². The van der Waals surface area contributed by atoms with Gasteiger partial charge in [0.05, 0.1) is 17.8 Å². The first kappa shape index (κ1) is 43.5. The van der Waals surface area contributed by atoms with E-state index in [1.165, 1.54) is 5.69 Å². The fourth-order valence-electron chi connectivity index (χ4n) is 10.6. The third-order valence-electron chi connectivity index (χ3n) is 14.1. The lowest BCUT2D eigenvalue weighted by molar-refractivity contribution is -0.825. The number of piperidine rings is 2. The maximum absolute atomic E-state index is 14.7. The predicted molar refractivity (Wildman–Crippen MR) is 234 cm³/mol. The molecule has 4 unspecified atom stereocenters. The highest BCUT2D eigenvalue weighted by atomic mass is 19.3. The van der Waals surface area contributed by atoms with Crippen LogP contribution in [0.3, 0.4) is 0 Å². The number of hydroxylamine groups is 3. The molecule has 63 heavy (non-hydrogen) atoms. The average molecular weight is 871 g/mol. The number of alkyl halides is 2. The summed E-state index contributed by atoms with van der Waals surface area (Å²) in [6.07, 6.45) is 8.10. The molecule has 2 aromatic heterocycles. The summed E-state index contributed by atoms with van der Waals surface area (Å²) in [5, 5.41) is 49.7. The van der Waals surface area contributed by atoms with E-state index in [1.807, 2.05) is 12.1 Å². The Kier molecular flexibility index (Phi) is 12.4. The maximum atomic E-state index is 14.7. The molecule has 338 valence electrons. The Hall–Kier alpha value is -4.78. The summed E-state index contributed by atoms with van der Waals surface area (Å²) in [5.74, 6) is -0.354. The highest BCUT2D eigenvalue weighted by Crippen LogP contribution is 2.44. The standard InChI is InChI=1S/C46H60F2N10O5/c1-29(59)55-22-16-39-36(27-55)44(56-19-8-9-30-23-34(31-25-50-53(2)26-31)35(43(47)48)24-40(30)56)52-57(39)32-14-20-54(21-15-32)18-6-4-3-5-17-49-38-11-7-10-33-37(38)28-58(63,46(33)62)41-12-13-42(60)51-45(41)61/h7,10-11,23-26,29,32,41-43,49,59-60H,3-6,8-9,12-22,27-28H2,1-2H3,(H,51,61). The van der Waals surface area contributed by atoms with Crippen LogP contribution in [0.15, 0.2) is 42.7 Å². The molecule has 5 aliphatic rings. The number of rotatable bonds is 14. The van der Waals surface area contributed by atoms with E-state index in [1.54, 1.807) is 49.2 Å². The number of fused-ring (bicyclic) bond motifs is 3. The van der Waals surface area contributed by atoms with E-state index in [-0.39, 0.29) is 31.0 Å². The number of carbonyl (C=O) groups excluding carboxylic acids is 2. The number of aryl methyl sites for hydroxylation is 2. The molecule has 4 aromatic rings. The zero-order valence-electron chi connectivity index (χ0n) is 36.3. The van der Waals surface area contributed by atoms with Crippen LogP contribution in [0, 0.1) is 5.21 Å². The number of unbranched alkanes of at least 4 members (excludes halogenated alkanes) is 3. The molecular weight excluding hydrogens is 811 g/mol. The van der Waals surface area contributed by atoms with Gasteiger partial charge in [0.15, 0.2) is 11.9 Å². The third kappa shape index (κ3) is 8.51. The Morgan fingerprint density at radius 1 is 1.00 bits per heavy atom. The highest BCUT2D eigenvalue weighted by molar-refractivity contribution is 5.97. The van der Waals surface area contributed by atoms with Gasteiger partial charge in [-0.05, 0) is 93.8 Å². The number of hydrogen-bond acceptors (Lipinski definition) is 11. The molecule has 5 aliphatic heterocycles. The molecule has 2 aromatic carbocycles. The summed E-state index contributed by atoms with van der Waals surface area (Å²) in [6, 6.07) is 8.08. The van der Waals surface area contributed by atoms with Crippen molar-refractivity contribution in [1.29, 1.82) is 0 Å². The molecule has 4 N–H and O–H groups in total. The zero-order valence-corrected chi connectivity index (χ0v) is 36.3. The Morgan fingerprint density at radius 3 is 2.56 bits per heavy atom. The SMILES string of the molecule is CC(O)N1CCc2c(c(N3CCCc4cc(-c5cnn(C)c5)c(C(F)F)cc43)nn2C2CCN(CCCCCCNc3cccc4c3C[N+]([O-])(C3CCC(O)NC3=O)C4=O)CC2)C1. The van der Waals surface area contributed by atoms with Crippen LogP contribution in [0.5, 0.6) is 0 Å². The van der Waals surface area contributed by atoms with Gasteiger partial charge in [-0.25, -0.2) is 13.6 Å². The molecule has 0 spiro atoms. The van der Waals surface area contributed by atoms with E-state index in [4.69, 9.17) is 5.10 Å². The molecule has 2 fully saturated rings. The van der Waals surface area contributed by atoms with Crippen molar-refractivity contribution in [1.82, 2.24) is 34.7 Å². The van der Waals surface area contributed by atoms with Crippen molar-refractivity contribution in [3.8, 4) is 11.1 Å². The van der Waals surface area contributed by atoms with Gasteiger partial charge in [0.25, 0.3) is 12.3 Å². The molecule has 4 atom stereocenters. The number of aliphatic hydroxyl groups is 2. The van der Waals surface area contributed by atoms with Crippen molar-refractivity contribution in [3.05, 3.63) is 81.4 Å². The van der Waals surface area contributed by atoms with Gasteiger partial charge in [0, 0.05) is 105 Å². The van der Waals surface area contributed by atoms with Crippen molar-refractivity contribution >= 4 is 29.0 Å². The number of anilines is 3. The lowest BCUT2D eigenvalue weighted by Gasteiger charge is -2.43. The number of likely N-dealkylation sites (tertiary alicyclic amines) is 1. The van der Waals surface area contributed by atoms with Crippen molar-refractivity contribution in [2.45, 2.75) is 122 Å². The molecule has 15 nitrogen and oxygen atoms in total. The van der Waals surface area contributed by atoms with Crippen LogP contribution < -0.4 is 15.5 Å². The van der Waals surface area contributed by atoms with Gasteiger partial charge in [-0.3, -0.25) is 23.7 Å². The largest absolute Gasteiger partial charge is 0.624 e. The minimum absolute atomic E-state index is 0.00534. The Bertz CT molecular complexity index is 2330. The van der Waals surface area contributed by atoms with E-state index in [0.29, 0.717) is 41.9 Å². The summed E-state index contributed by atoms with van der Waals surface area (Å²) in [5.41, 5.74) is 7.07. The molecule has 7 heterocycles. The lowest BCUT2D eigenvalue weighted by atomic mass is 9.92. The fraction of sp³-hybridized carbons (Fsp3) is 0.565. The van der Waals surface area contributed by atoms with E-state index in [9.17, 15) is 33.8 Å². The number of quaternary nitrogens is 1. The van der Waals surface area contributed by atoms with Gasteiger partial charge in [-0.1, -0.05) is 18.9 Å². The second-order valence-electron chi connectivity index (χ2n) is 18.2. The average Bonchev–Trinajstić information content (AvgIpc) is 3.96. The molecule has 0 radical (unpaired) electrons. The van der Waals surface area contributed by atoms with Crippen LogP contribution in [-0.2, 0) is 37.8 Å². The minimum Gasteiger partial charge on any atom is -0.624 e. The van der Waals surface area contributed by atoms with Crippen molar-refractivity contribution in [3.63, 3.8) is 0 Å². The topological polar surface area (TPSA) is 167 Å². The number of aliphatic hydroxyl groups excluding tert-OH is 2. The molecule has 0 saturated carbocycles. The molecule has 0 bridgehead atoms. The minimum atomic E-state index is -2.65. The molecule has 2 saturated heterocycles. The molecule has 2 amide bonds. The third-order valence-corrected chi connectivity index (χ3v) is 14.1. The van der Waals surface area contributed by atoms with Crippen LogP contribution in [0.2, 0.25) is 0 Å². The summed E-state index contributed by atoms with van der Waals surface area (Å²) >= 11 is 0. The van der Waals surface area contributed by atoms with Crippen molar-refractivity contribution in [2.24, 2.45) is 7.05 Å². The number of halogens is 2. The molecule has 9 rings (SSSR count). The summed E-state index contributed by atoms with van der Waals surface area (Å²) in [7, 11) is 1.79. The monoisotopic (exact) mass is 870 g/mol. The lowest BCUT2D eigenvalue weighted by Crippen LogP contribution is -2.61. The van der Waals surface area contributed by atoms with Crippen molar-refractivity contribution in [2.75, 3.05) is 49.5 Å². The molecule has 17 heteroatoms. The first-order chi connectivity index (χ1) is 30.4. The van der Waals surface area contributed by atoms with E-state index in [2.05, 4.69) is 35.1 Å². The Labute approximate surface area is 366 Å². The molecular formula is C46H60F2N10O5. The number of benzene rings is 2. The smallest absolute Gasteiger partial charge is 0.347 e. The van der Waals surface area contributed by atoms with Crippen molar-refractivity contribution < 1.29 is 33.2 Å². The van der Waals surface area contributed by atoms with Crippen LogP contribution in [0.1, 0.15) is 115 Å². The first-order valence-corrected chi connectivity index (χ1v) is 22.8. The maximum Gasteiger partial charge on any atom is 0.347 e. The van der Waals surface area contributed by atoms with Gasteiger partial charge >= 0.3 is 5.91 Å². The van der Waals surface area contributed by atoms with Crippen LogP contribution >= 0.6 is 0 Å². The number of nitrogens with zero attached hydrogens (tertiary/aromatic N) is 8. The Balaban J connectivity index is 0.796. The number of amides is 2. The fourth-order valence-corrected chi connectivity index (χ4v) is 10.6. The van der Waals surface area contributed by atoms with Crippen LogP contribution in [0.25, 0.3) is 11.1 Å². The van der Waals surface area contributed by atoms with Gasteiger partial charge < -0.3 is 35.9 Å². The summed E-state index contributed by atoms with van der Waals surface area (Å²) in [4.78, 5) is 32.6. The number of aromatic nitrogens is 4. The van der Waals surface area contributed by atoms with Crippen LogP contribution in [-0.4, -0.2) is 114 Å². The quantitative estimate of drug-likeness (QED) is 0.0680.